The predicted octanol–water partition coefficient (Wildman–Crippen LogP) is 3.70. The first kappa shape index (κ1) is 22.7. The Kier molecular flexibility index (Phi) is 8.75. The third-order valence-corrected chi connectivity index (χ3v) is 5.21. The van der Waals surface area contributed by atoms with Gasteiger partial charge < -0.3 is 15.0 Å². The lowest BCUT2D eigenvalue weighted by Crippen LogP contribution is -2.41. The number of aliphatic imine (C=N–C) groups is 1. The van der Waals surface area contributed by atoms with Crippen molar-refractivity contribution in [1.82, 2.24) is 20.0 Å². The van der Waals surface area contributed by atoms with Crippen LogP contribution in [0, 0.1) is 5.41 Å². The van der Waals surface area contributed by atoms with Crippen molar-refractivity contribution < 1.29 is 4.74 Å². The lowest BCUT2D eigenvalue weighted by atomic mass is 10.0. The van der Waals surface area contributed by atoms with Gasteiger partial charge in [0, 0.05) is 52.2 Å². The fraction of sp³-hybridized carbons (Fsp3) is 0.524. The molecule has 0 bridgehead atoms. The molecule has 0 saturated heterocycles. The SMILES string of the molecule is CCOCCC1(CNC(=NC)N(C)Cc2cnn(-c3ccccc3)c2)CC1.I. The number of para-hydroxylation sites is 1. The Labute approximate surface area is 185 Å². The minimum atomic E-state index is 0. The number of hydrogen-bond acceptors (Lipinski definition) is 3. The van der Waals surface area contributed by atoms with Crippen molar-refractivity contribution in [1.29, 1.82) is 0 Å². The Morgan fingerprint density at radius 1 is 1.32 bits per heavy atom. The summed E-state index contributed by atoms with van der Waals surface area (Å²) in [6, 6.07) is 10.2. The standard InChI is InChI=1S/C21H31N5O.HI/c1-4-27-13-12-21(10-11-21)17-23-20(22-2)25(3)15-18-14-24-26(16-18)19-8-6-5-7-9-19;/h5-9,14,16H,4,10-13,15,17H2,1-3H3,(H,22,23);1H. The fourth-order valence-corrected chi connectivity index (χ4v) is 3.29. The quantitative estimate of drug-likeness (QED) is 0.249. The molecule has 3 rings (SSSR count). The van der Waals surface area contributed by atoms with Crippen molar-refractivity contribution >= 4 is 29.9 Å². The molecule has 0 amide bonds. The molecule has 1 aromatic carbocycles. The number of guanidine groups is 1. The molecule has 1 saturated carbocycles. The first-order valence-corrected chi connectivity index (χ1v) is 9.74. The van der Waals surface area contributed by atoms with E-state index in [0.717, 1.165) is 49.9 Å². The zero-order valence-electron chi connectivity index (χ0n) is 17.1. The molecule has 0 atom stereocenters. The van der Waals surface area contributed by atoms with Gasteiger partial charge in [0.05, 0.1) is 11.9 Å². The lowest BCUT2D eigenvalue weighted by Gasteiger charge is -2.24. The molecule has 1 heterocycles. The van der Waals surface area contributed by atoms with Crippen LogP contribution in [-0.2, 0) is 11.3 Å². The second-order valence-electron chi connectivity index (χ2n) is 7.33. The lowest BCUT2D eigenvalue weighted by molar-refractivity contribution is 0.128. The topological polar surface area (TPSA) is 54.7 Å². The molecule has 7 heteroatoms. The summed E-state index contributed by atoms with van der Waals surface area (Å²) in [7, 11) is 3.90. The van der Waals surface area contributed by atoms with E-state index in [4.69, 9.17) is 4.74 Å². The highest BCUT2D eigenvalue weighted by atomic mass is 127. The van der Waals surface area contributed by atoms with E-state index in [1.54, 1.807) is 0 Å². The number of halogens is 1. The first-order chi connectivity index (χ1) is 13.2. The summed E-state index contributed by atoms with van der Waals surface area (Å²) in [5.41, 5.74) is 2.62. The molecule has 1 aromatic heterocycles. The van der Waals surface area contributed by atoms with E-state index < -0.39 is 0 Å². The van der Waals surface area contributed by atoms with E-state index in [1.807, 2.05) is 36.1 Å². The van der Waals surface area contributed by atoms with Crippen LogP contribution in [0.5, 0.6) is 0 Å². The van der Waals surface area contributed by atoms with Gasteiger partial charge >= 0.3 is 0 Å². The van der Waals surface area contributed by atoms with Gasteiger partial charge in [0.2, 0.25) is 0 Å². The van der Waals surface area contributed by atoms with E-state index in [0.29, 0.717) is 5.41 Å². The minimum Gasteiger partial charge on any atom is -0.382 e. The van der Waals surface area contributed by atoms with Gasteiger partial charge in [0.25, 0.3) is 0 Å². The van der Waals surface area contributed by atoms with Crippen molar-refractivity contribution in [2.75, 3.05) is 33.9 Å². The van der Waals surface area contributed by atoms with Gasteiger partial charge in [0.15, 0.2) is 5.96 Å². The average molecular weight is 497 g/mol. The molecule has 2 aromatic rings. The third-order valence-electron chi connectivity index (χ3n) is 5.21. The molecule has 1 N–H and O–H groups in total. The molecule has 1 aliphatic rings. The second-order valence-corrected chi connectivity index (χ2v) is 7.33. The van der Waals surface area contributed by atoms with Crippen molar-refractivity contribution in [3.05, 3.63) is 48.3 Å². The molecule has 1 fully saturated rings. The van der Waals surface area contributed by atoms with E-state index in [2.05, 4.69) is 52.6 Å². The van der Waals surface area contributed by atoms with Crippen molar-refractivity contribution in [2.45, 2.75) is 32.7 Å². The number of ether oxygens (including phenoxy) is 1. The van der Waals surface area contributed by atoms with Gasteiger partial charge in [-0.25, -0.2) is 4.68 Å². The Hall–Kier alpha value is -1.61. The van der Waals surface area contributed by atoms with Crippen LogP contribution < -0.4 is 5.32 Å². The van der Waals surface area contributed by atoms with Gasteiger partial charge in [-0.15, -0.1) is 24.0 Å². The maximum atomic E-state index is 5.53. The van der Waals surface area contributed by atoms with Crippen molar-refractivity contribution in [2.24, 2.45) is 10.4 Å². The molecule has 154 valence electrons. The van der Waals surface area contributed by atoms with Crippen molar-refractivity contribution in [3.8, 4) is 5.69 Å². The van der Waals surface area contributed by atoms with E-state index in [-0.39, 0.29) is 24.0 Å². The monoisotopic (exact) mass is 497 g/mol. The van der Waals surface area contributed by atoms with E-state index in [1.165, 1.54) is 12.8 Å². The highest BCUT2D eigenvalue weighted by molar-refractivity contribution is 14.0. The summed E-state index contributed by atoms with van der Waals surface area (Å²) in [6.07, 6.45) is 7.67. The van der Waals surface area contributed by atoms with Crippen LogP contribution in [0.1, 0.15) is 31.7 Å². The summed E-state index contributed by atoms with van der Waals surface area (Å²) in [6.45, 7) is 5.42. The molecule has 28 heavy (non-hydrogen) atoms. The summed E-state index contributed by atoms with van der Waals surface area (Å²) < 4.78 is 7.44. The zero-order valence-corrected chi connectivity index (χ0v) is 19.4. The number of nitrogens with zero attached hydrogens (tertiary/aromatic N) is 4. The fourth-order valence-electron chi connectivity index (χ4n) is 3.29. The van der Waals surface area contributed by atoms with E-state index >= 15 is 0 Å². The molecule has 6 nitrogen and oxygen atoms in total. The Bertz CT molecular complexity index is 742. The number of nitrogens with one attached hydrogen (secondary N) is 1. The number of rotatable bonds is 9. The normalized spacial score (nSPS) is 15.0. The summed E-state index contributed by atoms with van der Waals surface area (Å²) in [5, 5.41) is 8.03. The Balaban J connectivity index is 0.00000280. The molecule has 0 unspecified atom stereocenters. The molecular weight excluding hydrogens is 465 g/mol. The van der Waals surface area contributed by atoms with Gasteiger partial charge in [0.1, 0.15) is 0 Å². The number of benzene rings is 1. The van der Waals surface area contributed by atoms with E-state index in [9.17, 15) is 0 Å². The maximum absolute atomic E-state index is 5.53. The second kappa shape index (κ2) is 10.8. The van der Waals surface area contributed by atoms with Crippen molar-refractivity contribution in [3.63, 3.8) is 0 Å². The highest BCUT2D eigenvalue weighted by Crippen LogP contribution is 2.48. The third kappa shape index (κ3) is 6.20. The van der Waals surface area contributed by atoms with Crippen LogP contribution in [-0.4, -0.2) is 54.5 Å². The average Bonchev–Trinajstić information content (AvgIpc) is 3.30. The summed E-state index contributed by atoms with van der Waals surface area (Å²) >= 11 is 0. The Morgan fingerprint density at radius 3 is 2.71 bits per heavy atom. The van der Waals surface area contributed by atoms with Crippen LogP contribution in [0.3, 0.4) is 0 Å². The zero-order chi connectivity index (χ0) is 19.1. The molecule has 0 radical (unpaired) electrons. The molecule has 0 spiro atoms. The van der Waals surface area contributed by atoms with Gasteiger partial charge in [-0.3, -0.25) is 4.99 Å². The van der Waals surface area contributed by atoms with Crippen LogP contribution in [0.2, 0.25) is 0 Å². The van der Waals surface area contributed by atoms with Crippen LogP contribution in [0.25, 0.3) is 5.69 Å². The number of aromatic nitrogens is 2. The van der Waals surface area contributed by atoms with Gasteiger partial charge in [-0.1, -0.05) is 18.2 Å². The maximum Gasteiger partial charge on any atom is 0.193 e. The predicted molar refractivity (Wildman–Crippen MR) is 125 cm³/mol. The molecule has 0 aliphatic heterocycles. The minimum absolute atomic E-state index is 0. The van der Waals surface area contributed by atoms with Crippen LogP contribution in [0.15, 0.2) is 47.7 Å². The molecule has 1 aliphatic carbocycles. The van der Waals surface area contributed by atoms with Gasteiger partial charge in [-0.2, -0.15) is 5.10 Å². The number of hydrogen-bond donors (Lipinski definition) is 1. The Morgan fingerprint density at radius 2 is 2.07 bits per heavy atom. The van der Waals surface area contributed by atoms with Crippen LogP contribution >= 0.6 is 24.0 Å². The largest absolute Gasteiger partial charge is 0.382 e. The van der Waals surface area contributed by atoms with Gasteiger partial charge in [-0.05, 0) is 43.7 Å². The summed E-state index contributed by atoms with van der Waals surface area (Å²) in [4.78, 5) is 6.59. The highest BCUT2D eigenvalue weighted by Gasteiger charge is 2.42. The summed E-state index contributed by atoms with van der Waals surface area (Å²) in [5.74, 6) is 0.921. The smallest absolute Gasteiger partial charge is 0.193 e. The van der Waals surface area contributed by atoms with Crippen LogP contribution in [0.4, 0.5) is 0 Å². The first-order valence-electron chi connectivity index (χ1n) is 9.74. The molecular formula is C21H32IN5O.